The van der Waals surface area contributed by atoms with Gasteiger partial charge in [0.05, 0.1) is 4.90 Å². The highest BCUT2D eigenvalue weighted by Crippen LogP contribution is 2.37. The average Bonchev–Trinajstić information content (AvgIpc) is 3.38. The lowest BCUT2D eigenvalue weighted by molar-refractivity contribution is 0.303. The molecule has 1 saturated carbocycles. The molecule has 0 heterocycles. The van der Waals surface area contributed by atoms with Crippen LogP contribution in [0.25, 0.3) is 0 Å². The predicted octanol–water partition coefficient (Wildman–Crippen LogP) is 4.44. The van der Waals surface area contributed by atoms with Gasteiger partial charge in [-0.25, -0.2) is 8.42 Å². The summed E-state index contributed by atoms with van der Waals surface area (Å²) in [6, 6.07) is 16.7. The molecule has 0 bridgehead atoms. The van der Waals surface area contributed by atoms with Crippen LogP contribution in [0, 0.1) is 5.92 Å². The summed E-state index contributed by atoms with van der Waals surface area (Å²) in [5, 5.41) is 0. The van der Waals surface area contributed by atoms with Gasteiger partial charge in [-0.15, -0.1) is 0 Å². The van der Waals surface area contributed by atoms with Crippen LogP contribution in [0.1, 0.15) is 25.3 Å². The van der Waals surface area contributed by atoms with Crippen molar-refractivity contribution in [1.29, 1.82) is 0 Å². The van der Waals surface area contributed by atoms with E-state index in [1.54, 1.807) is 28.6 Å². The van der Waals surface area contributed by atoms with E-state index >= 15 is 0 Å². The lowest BCUT2D eigenvalue weighted by Crippen LogP contribution is -2.39. The van der Waals surface area contributed by atoms with Gasteiger partial charge in [0, 0.05) is 17.1 Å². The van der Waals surface area contributed by atoms with Gasteiger partial charge in [-0.05, 0) is 55.5 Å². The van der Waals surface area contributed by atoms with Crippen molar-refractivity contribution in [3.05, 3.63) is 64.6 Å². The highest BCUT2D eigenvalue weighted by atomic mass is 79.9. The maximum atomic E-state index is 13.1. The maximum Gasteiger partial charge on any atom is 0.243 e. The first-order chi connectivity index (χ1) is 11.0. The lowest BCUT2D eigenvalue weighted by atomic mass is 10.2. The largest absolute Gasteiger partial charge is 0.243 e. The van der Waals surface area contributed by atoms with Crippen LogP contribution in [-0.2, 0) is 16.6 Å². The van der Waals surface area contributed by atoms with Crippen LogP contribution in [0.5, 0.6) is 0 Å². The molecule has 1 fully saturated rings. The molecule has 3 nitrogen and oxygen atoms in total. The molecule has 2 aromatic rings. The van der Waals surface area contributed by atoms with E-state index in [0.29, 0.717) is 17.4 Å². The van der Waals surface area contributed by atoms with Crippen molar-refractivity contribution in [2.45, 2.75) is 37.2 Å². The molecule has 0 saturated heterocycles. The zero-order chi connectivity index (χ0) is 16.4. The Bertz CT molecular complexity index is 755. The van der Waals surface area contributed by atoms with Crippen LogP contribution < -0.4 is 0 Å². The number of rotatable bonds is 6. The van der Waals surface area contributed by atoms with E-state index in [2.05, 4.69) is 15.9 Å². The fourth-order valence-electron chi connectivity index (χ4n) is 2.77. The van der Waals surface area contributed by atoms with Crippen molar-refractivity contribution in [3.8, 4) is 0 Å². The highest BCUT2D eigenvalue weighted by molar-refractivity contribution is 9.10. The summed E-state index contributed by atoms with van der Waals surface area (Å²) < 4.78 is 28.8. The second-order valence-corrected chi connectivity index (χ2v) is 8.87. The number of benzene rings is 2. The highest BCUT2D eigenvalue weighted by Gasteiger charge is 2.38. The van der Waals surface area contributed by atoms with Gasteiger partial charge in [0.1, 0.15) is 0 Å². The fourth-order valence-corrected chi connectivity index (χ4v) is 4.71. The summed E-state index contributed by atoms with van der Waals surface area (Å²) in [4.78, 5) is 0.351. The minimum absolute atomic E-state index is 0.0175. The molecule has 1 atom stereocenters. The van der Waals surface area contributed by atoms with E-state index in [1.807, 2.05) is 37.3 Å². The molecule has 0 amide bonds. The van der Waals surface area contributed by atoms with Gasteiger partial charge in [-0.1, -0.05) is 46.3 Å². The van der Waals surface area contributed by atoms with Gasteiger partial charge in [-0.3, -0.25) is 0 Å². The van der Waals surface area contributed by atoms with E-state index in [4.69, 9.17) is 0 Å². The molecule has 122 valence electrons. The van der Waals surface area contributed by atoms with Crippen molar-refractivity contribution in [1.82, 2.24) is 4.31 Å². The number of hydrogen-bond acceptors (Lipinski definition) is 2. The molecule has 2 aromatic carbocycles. The normalized spacial score (nSPS) is 16.5. The molecule has 23 heavy (non-hydrogen) atoms. The second kappa shape index (κ2) is 6.75. The third-order valence-corrected chi connectivity index (χ3v) is 6.84. The quantitative estimate of drug-likeness (QED) is 0.727. The average molecular weight is 394 g/mol. The van der Waals surface area contributed by atoms with Crippen LogP contribution in [-0.4, -0.2) is 18.8 Å². The predicted molar refractivity (Wildman–Crippen MR) is 95.5 cm³/mol. The first-order valence-electron chi connectivity index (χ1n) is 7.80. The maximum absolute atomic E-state index is 13.1. The topological polar surface area (TPSA) is 37.4 Å². The zero-order valence-electron chi connectivity index (χ0n) is 13.0. The summed E-state index contributed by atoms with van der Waals surface area (Å²) >= 11 is 3.36. The molecular weight excluding hydrogens is 374 g/mol. The smallest absolute Gasteiger partial charge is 0.207 e. The number of halogens is 1. The Hall–Kier alpha value is -1.17. The summed E-state index contributed by atoms with van der Waals surface area (Å²) in [5.74, 6) is 0.476. The van der Waals surface area contributed by atoms with Crippen molar-refractivity contribution < 1.29 is 8.42 Å². The molecule has 3 rings (SSSR count). The number of hydrogen-bond donors (Lipinski definition) is 0. The van der Waals surface area contributed by atoms with Crippen LogP contribution in [0.15, 0.2) is 64.0 Å². The molecule has 1 aliphatic rings. The van der Waals surface area contributed by atoms with E-state index in [0.717, 1.165) is 22.9 Å². The zero-order valence-corrected chi connectivity index (χ0v) is 15.4. The lowest BCUT2D eigenvalue weighted by Gasteiger charge is -2.28. The minimum atomic E-state index is -3.51. The van der Waals surface area contributed by atoms with Gasteiger partial charge in [-0.2, -0.15) is 4.31 Å². The van der Waals surface area contributed by atoms with E-state index in [-0.39, 0.29) is 6.04 Å². The molecule has 5 heteroatoms. The molecule has 0 spiro atoms. The van der Waals surface area contributed by atoms with Gasteiger partial charge in [0.2, 0.25) is 10.0 Å². The molecule has 1 aliphatic carbocycles. The monoisotopic (exact) mass is 393 g/mol. The molecule has 0 radical (unpaired) electrons. The Balaban J connectivity index is 1.94. The summed E-state index contributed by atoms with van der Waals surface area (Å²) in [5.41, 5.74) is 1.01. The molecule has 0 aromatic heterocycles. The van der Waals surface area contributed by atoms with Gasteiger partial charge in [0.15, 0.2) is 0 Å². The molecular formula is C18H20BrNO2S. The van der Waals surface area contributed by atoms with Crippen molar-refractivity contribution in [2.24, 2.45) is 5.92 Å². The minimum Gasteiger partial charge on any atom is -0.207 e. The van der Waals surface area contributed by atoms with E-state index in [9.17, 15) is 8.42 Å². The van der Waals surface area contributed by atoms with Crippen LogP contribution in [0.2, 0.25) is 0 Å². The third kappa shape index (κ3) is 3.84. The Morgan fingerprint density at radius 1 is 1.09 bits per heavy atom. The van der Waals surface area contributed by atoms with Crippen molar-refractivity contribution >= 4 is 26.0 Å². The fraction of sp³-hybridized carbons (Fsp3) is 0.333. The molecule has 0 N–H and O–H groups in total. The first-order valence-corrected chi connectivity index (χ1v) is 10.0. The Morgan fingerprint density at radius 3 is 2.26 bits per heavy atom. The Kier molecular flexibility index (Phi) is 4.90. The Labute approximate surface area is 146 Å². The molecule has 0 unspecified atom stereocenters. The summed E-state index contributed by atoms with van der Waals surface area (Å²) in [6.45, 7) is 2.44. The number of sulfonamides is 1. The summed E-state index contributed by atoms with van der Waals surface area (Å²) in [7, 11) is -3.51. The van der Waals surface area contributed by atoms with E-state index in [1.165, 1.54) is 0 Å². The SMILES string of the molecule is C[C@@H](C1CC1)N(Cc1ccccc1)S(=O)(=O)c1ccc(Br)cc1. The van der Waals surface area contributed by atoms with Gasteiger partial charge in [0.25, 0.3) is 0 Å². The van der Waals surface area contributed by atoms with Crippen LogP contribution >= 0.6 is 15.9 Å². The Morgan fingerprint density at radius 2 is 1.70 bits per heavy atom. The van der Waals surface area contributed by atoms with Crippen LogP contribution in [0.3, 0.4) is 0 Å². The summed E-state index contributed by atoms with van der Waals surface area (Å²) in [6.07, 6.45) is 2.23. The molecule has 0 aliphatic heterocycles. The van der Waals surface area contributed by atoms with Crippen LogP contribution in [0.4, 0.5) is 0 Å². The standard InChI is InChI=1S/C18H20BrNO2S/c1-14(16-7-8-16)20(13-15-5-3-2-4-6-15)23(21,22)18-11-9-17(19)10-12-18/h2-6,9-12,14,16H,7-8,13H2,1H3/t14-/m0/s1. The van der Waals surface area contributed by atoms with Crippen molar-refractivity contribution in [2.75, 3.05) is 0 Å². The van der Waals surface area contributed by atoms with Gasteiger partial charge >= 0.3 is 0 Å². The van der Waals surface area contributed by atoms with Gasteiger partial charge < -0.3 is 0 Å². The van der Waals surface area contributed by atoms with Crippen molar-refractivity contribution in [3.63, 3.8) is 0 Å². The number of nitrogens with zero attached hydrogens (tertiary/aromatic N) is 1. The first kappa shape index (κ1) is 16.7. The van der Waals surface area contributed by atoms with E-state index < -0.39 is 10.0 Å². The third-order valence-electron chi connectivity index (χ3n) is 4.36. The second-order valence-electron chi connectivity index (χ2n) is 6.07.